The van der Waals surface area contributed by atoms with Crippen LogP contribution in [0.1, 0.15) is 10.4 Å². The number of aromatic nitrogens is 1. The Labute approximate surface area is 137 Å². The van der Waals surface area contributed by atoms with Crippen molar-refractivity contribution in [2.75, 3.05) is 7.11 Å². The van der Waals surface area contributed by atoms with Gasteiger partial charge in [0.05, 0.1) is 7.11 Å². The van der Waals surface area contributed by atoms with Crippen LogP contribution in [0.3, 0.4) is 0 Å². The molecule has 1 aliphatic carbocycles. The number of Topliss-reactive ketones (excluding diaryl/α,β-unsaturated/α-hetero) is 1. The van der Waals surface area contributed by atoms with Crippen LogP contribution in [0.2, 0.25) is 0 Å². The zero-order valence-corrected chi connectivity index (χ0v) is 12.6. The number of hydrogen-bond acceptors (Lipinski definition) is 5. The van der Waals surface area contributed by atoms with Gasteiger partial charge in [-0.25, -0.2) is 0 Å². The largest absolute Gasteiger partial charge is 0.493 e. The molecular weight excluding hydrogens is 333 g/mol. The summed E-state index contributed by atoms with van der Waals surface area (Å²) in [5.41, 5.74) is 5.91. The number of ketones is 1. The van der Waals surface area contributed by atoms with Crippen LogP contribution in [0.4, 0.5) is 0 Å². The Kier molecular flexibility index (Phi) is 8.44. The first-order valence-corrected chi connectivity index (χ1v) is 5.85. The van der Waals surface area contributed by atoms with Crippen molar-refractivity contribution in [3.63, 3.8) is 0 Å². The Morgan fingerprint density at radius 1 is 1.32 bits per heavy atom. The molecule has 0 fully saturated rings. The summed E-state index contributed by atoms with van der Waals surface area (Å²) in [6.45, 7) is 0. The number of nitrogens with zero attached hydrogens (tertiary/aromatic N) is 1. The molecule has 2 rings (SSSR count). The number of carbonyl (C=O) groups is 2. The molecule has 8 heteroatoms. The van der Waals surface area contributed by atoms with Gasteiger partial charge < -0.3 is 15.6 Å². The number of allylic oxidation sites excluding steroid dienone is 4. The number of amides is 1. The van der Waals surface area contributed by atoms with Gasteiger partial charge in [0.1, 0.15) is 0 Å². The monoisotopic (exact) mass is 347 g/mol. The molecule has 1 amide bonds. The Morgan fingerprint density at radius 2 is 2.00 bits per heavy atom. The van der Waals surface area contributed by atoms with Gasteiger partial charge in [0, 0.05) is 46.2 Å². The first kappa shape index (κ1) is 19.6. The van der Waals surface area contributed by atoms with Gasteiger partial charge in [0.2, 0.25) is 5.78 Å². The van der Waals surface area contributed by atoms with E-state index in [1.165, 1.54) is 25.7 Å². The molecule has 1 aromatic heterocycles. The molecule has 0 saturated heterocycles. The van der Waals surface area contributed by atoms with Gasteiger partial charge >= 0.3 is 0 Å². The average Bonchev–Trinajstić information content (AvgIpc) is 2.49. The minimum Gasteiger partial charge on any atom is -0.493 e. The van der Waals surface area contributed by atoms with E-state index in [9.17, 15) is 9.59 Å². The van der Waals surface area contributed by atoms with Crippen LogP contribution in [-0.2, 0) is 26.0 Å². The van der Waals surface area contributed by atoms with Crippen LogP contribution in [0.15, 0.2) is 60.3 Å². The van der Waals surface area contributed by atoms with E-state index in [1.807, 2.05) is 0 Å². The zero-order valence-electron chi connectivity index (χ0n) is 11.6. The minimum absolute atomic E-state index is 0. The van der Waals surface area contributed by atoms with Crippen LogP contribution in [0, 0.1) is 0 Å². The molecule has 0 unspecified atom stereocenters. The third-order valence-electron chi connectivity index (χ3n) is 2.59. The first-order chi connectivity index (χ1) is 9.72. The normalized spacial score (nSPS) is 14.3. The molecule has 0 bridgehead atoms. The second kappa shape index (κ2) is 9.49. The van der Waals surface area contributed by atoms with Crippen molar-refractivity contribution in [2.24, 2.45) is 0 Å². The van der Waals surface area contributed by atoms with E-state index in [-0.39, 0.29) is 39.4 Å². The van der Waals surface area contributed by atoms with Crippen LogP contribution in [0.25, 0.3) is 0 Å². The molecule has 1 aromatic rings. The van der Waals surface area contributed by atoms with Crippen molar-refractivity contribution in [1.82, 2.24) is 15.8 Å². The van der Waals surface area contributed by atoms with Gasteiger partial charge in [0.25, 0.3) is 5.91 Å². The van der Waals surface area contributed by atoms with Crippen molar-refractivity contribution in [1.29, 1.82) is 0 Å². The number of hydrogen-bond donors (Lipinski definition) is 2. The molecule has 0 saturated carbocycles. The summed E-state index contributed by atoms with van der Waals surface area (Å²) in [5.74, 6) is -0.319. The quantitative estimate of drug-likeness (QED) is 0.453. The molecule has 0 spiro atoms. The molecule has 0 radical (unpaired) electrons. The first-order valence-electron chi connectivity index (χ1n) is 5.85. The fourth-order valence-electron chi connectivity index (χ4n) is 1.56. The standard InChI is InChI=1S/C14H13N3O3.Ni.H2O/c1-20-12-4-2-3-11(13(12)18)9-16-17-14(19)10-5-7-15-8-6-10;;/h2-9,16H,1H3,(H,17,19);;1H2/b11-9-;;. The van der Waals surface area contributed by atoms with Crippen LogP contribution in [0.5, 0.6) is 0 Å². The number of hydrazine groups is 1. The van der Waals surface area contributed by atoms with Crippen LogP contribution < -0.4 is 10.9 Å². The zero-order chi connectivity index (χ0) is 14.4. The van der Waals surface area contributed by atoms with Gasteiger partial charge in [-0.1, -0.05) is 6.08 Å². The molecule has 7 nitrogen and oxygen atoms in total. The van der Waals surface area contributed by atoms with Crippen molar-refractivity contribution in [3.8, 4) is 0 Å². The molecule has 120 valence electrons. The summed E-state index contributed by atoms with van der Waals surface area (Å²) in [6.07, 6.45) is 9.35. The van der Waals surface area contributed by atoms with E-state index < -0.39 is 0 Å². The van der Waals surface area contributed by atoms with Gasteiger partial charge in [-0.3, -0.25) is 20.0 Å². The molecule has 1 heterocycles. The second-order valence-corrected chi connectivity index (χ2v) is 3.86. The Morgan fingerprint density at radius 3 is 2.64 bits per heavy atom. The maximum atomic E-state index is 11.8. The van der Waals surface area contributed by atoms with Crippen molar-refractivity contribution in [3.05, 3.63) is 65.9 Å². The van der Waals surface area contributed by atoms with Crippen LogP contribution in [-0.4, -0.2) is 29.3 Å². The fraction of sp³-hybridized carbons (Fsp3) is 0.0714. The second-order valence-electron chi connectivity index (χ2n) is 3.86. The Bertz CT molecular complexity index is 612. The molecule has 0 aromatic carbocycles. The Balaban J connectivity index is 0.00000220. The maximum Gasteiger partial charge on any atom is 0.269 e. The number of ether oxygens (including phenoxy) is 1. The smallest absolute Gasteiger partial charge is 0.269 e. The number of rotatable bonds is 4. The van der Waals surface area contributed by atoms with Crippen molar-refractivity contribution in [2.45, 2.75) is 0 Å². The van der Waals surface area contributed by atoms with Gasteiger partial charge in [-0.15, -0.1) is 0 Å². The third-order valence-corrected chi connectivity index (χ3v) is 2.59. The van der Waals surface area contributed by atoms with E-state index in [0.717, 1.165) is 0 Å². The molecular formula is C14H15N3NiO4. The maximum absolute atomic E-state index is 11.8. The minimum atomic E-state index is -0.320. The van der Waals surface area contributed by atoms with Gasteiger partial charge in [-0.05, 0) is 24.3 Å². The molecule has 1 aliphatic rings. The van der Waals surface area contributed by atoms with Crippen LogP contribution >= 0.6 is 0 Å². The SMILES string of the molecule is COC1=CC=C/C(=C/NNC(=O)c2ccncc2)C1=O.O.[Ni]. The summed E-state index contributed by atoms with van der Waals surface area (Å²) in [6, 6.07) is 3.17. The van der Waals surface area contributed by atoms with Gasteiger partial charge in [-0.2, -0.15) is 0 Å². The van der Waals surface area contributed by atoms with Gasteiger partial charge in [0.15, 0.2) is 5.76 Å². The molecule has 0 atom stereocenters. The number of carbonyl (C=O) groups excluding carboxylic acids is 2. The molecule has 0 aliphatic heterocycles. The fourth-order valence-corrected chi connectivity index (χ4v) is 1.56. The van der Waals surface area contributed by atoms with E-state index in [1.54, 1.807) is 30.4 Å². The number of pyridine rings is 1. The third kappa shape index (κ3) is 4.84. The summed E-state index contributed by atoms with van der Waals surface area (Å²) >= 11 is 0. The van der Waals surface area contributed by atoms with Crippen molar-refractivity contribution < 1.29 is 36.3 Å². The number of methoxy groups -OCH3 is 1. The van der Waals surface area contributed by atoms with E-state index in [4.69, 9.17) is 4.74 Å². The predicted octanol–water partition coefficient (Wildman–Crippen LogP) is 0.0419. The predicted molar refractivity (Wildman–Crippen MR) is 75.8 cm³/mol. The average molecular weight is 348 g/mol. The summed E-state index contributed by atoms with van der Waals surface area (Å²) in [5, 5.41) is 0. The number of nitrogens with one attached hydrogen (secondary N) is 2. The summed E-state index contributed by atoms with van der Waals surface area (Å²) in [7, 11) is 1.43. The van der Waals surface area contributed by atoms with E-state index in [0.29, 0.717) is 11.1 Å². The van der Waals surface area contributed by atoms with E-state index >= 15 is 0 Å². The summed E-state index contributed by atoms with van der Waals surface area (Å²) < 4.78 is 4.93. The summed E-state index contributed by atoms with van der Waals surface area (Å²) in [4.78, 5) is 27.4. The Hall–Kier alpha value is -2.44. The molecule has 4 N–H and O–H groups in total. The van der Waals surface area contributed by atoms with Crippen molar-refractivity contribution >= 4 is 11.7 Å². The molecule has 22 heavy (non-hydrogen) atoms. The topological polar surface area (TPSA) is 112 Å². The van der Waals surface area contributed by atoms with E-state index in [2.05, 4.69) is 15.8 Å².